The van der Waals surface area contributed by atoms with Gasteiger partial charge in [-0.2, -0.15) is 0 Å². The van der Waals surface area contributed by atoms with E-state index in [4.69, 9.17) is 16.3 Å². The average molecular weight is 368 g/mol. The molecule has 1 aromatic carbocycles. The molecule has 2 aromatic rings. The van der Waals surface area contributed by atoms with Gasteiger partial charge in [-0.15, -0.1) is 0 Å². The van der Waals surface area contributed by atoms with E-state index >= 15 is 0 Å². The van der Waals surface area contributed by atoms with Crippen LogP contribution in [0.25, 0.3) is 10.9 Å². The molecule has 0 amide bonds. The van der Waals surface area contributed by atoms with Gasteiger partial charge in [0.2, 0.25) is 0 Å². The van der Waals surface area contributed by atoms with Gasteiger partial charge in [-0.25, -0.2) is 4.79 Å². The first-order valence-corrected chi connectivity index (χ1v) is 7.06. The zero-order valence-electron chi connectivity index (χ0n) is 11.5. The van der Waals surface area contributed by atoms with E-state index in [9.17, 15) is 30.3 Å². The van der Waals surface area contributed by atoms with Crippen molar-refractivity contribution in [3.05, 3.63) is 35.0 Å². The van der Waals surface area contributed by atoms with E-state index in [-0.39, 0.29) is 35.1 Å². The average Bonchev–Trinajstić information content (AvgIpc) is 2.92. The molecule has 6 N–H and O–H groups in total. The molecule has 5 atom stereocenters. The van der Waals surface area contributed by atoms with E-state index in [2.05, 4.69) is 4.98 Å². The maximum absolute atomic E-state index is 11.4. The van der Waals surface area contributed by atoms with E-state index in [1.807, 2.05) is 0 Å². The summed E-state index contributed by atoms with van der Waals surface area (Å²) in [7, 11) is 0. The SMILES string of the molecule is O=C(O)[C@H]1O[C@@H](O)[C@H](O)[C@@H](O)[C@@]1(O)c1c[nH]c2ccc(Cl)cc12.[NaH]. The van der Waals surface area contributed by atoms with Crippen molar-refractivity contribution < 1.29 is 35.1 Å². The molecule has 1 aliphatic rings. The molecule has 126 valence electrons. The number of aliphatic carboxylic acids is 1. The summed E-state index contributed by atoms with van der Waals surface area (Å²) in [6.07, 6.45) is -6.52. The van der Waals surface area contributed by atoms with Gasteiger partial charge in [-0.3, -0.25) is 0 Å². The molecule has 24 heavy (non-hydrogen) atoms. The number of benzene rings is 1. The summed E-state index contributed by atoms with van der Waals surface area (Å²) in [5, 5.41) is 50.5. The minimum atomic E-state index is -2.49. The second-order valence-electron chi connectivity index (χ2n) is 5.40. The Kier molecular flexibility index (Phi) is 5.65. The second-order valence-corrected chi connectivity index (χ2v) is 5.83. The summed E-state index contributed by atoms with van der Waals surface area (Å²) >= 11 is 5.92. The van der Waals surface area contributed by atoms with E-state index < -0.39 is 36.2 Å². The van der Waals surface area contributed by atoms with Crippen LogP contribution in [0.1, 0.15) is 5.56 Å². The number of carboxylic acid groups (broad SMARTS) is 1. The molecule has 1 aliphatic heterocycles. The maximum atomic E-state index is 11.4. The molecular formula is C14H15ClNNaO7. The zero-order valence-corrected chi connectivity index (χ0v) is 12.3. The van der Waals surface area contributed by atoms with Gasteiger partial charge in [-0.05, 0) is 18.2 Å². The molecule has 1 fully saturated rings. The minimum absolute atomic E-state index is 0. The third-order valence-electron chi connectivity index (χ3n) is 4.04. The molecule has 8 nitrogen and oxygen atoms in total. The van der Waals surface area contributed by atoms with Crippen LogP contribution in [0.15, 0.2) is 24.4 Å². The molecule has 2 heterocycles. The predicted molar refractivity (Wildman–Crippen MR) is 84.9 cm³/mol. The van der Waals surface area contributed by atoms with Crippen molar-refractivity contribution in [2.24, 2.45) is 0 Å². The fourth-order valence-corrected chi connectivity index (χ4v) is 3.04. The number of aromatic nitrogens is 1. The van der Waals surface area contributed by atoms with Crippen molar-refractivity contribution in [1.29, 1.82) is 0 Å². The Morgan fingerprint density at radius 3 is 2.58 bits per heavy atom. The number of halogens is 1. The normalized spacial score (nSPS) is 33.2. The Bertz CT molecular complexity index is 769. The molecule has 0 bridgehead atoms. The first-order chi connectivity index (χ1) is 10.8. The Morgan fingerprint density at radius 1 is 1.29 bits per heavy atom. The molecule has 0 unspecified atom stereocenters. The summed E-state index contributed by atoms with van der Waals surface area (Å²) < 4.78 is 4.80. The summed E-state index contributed by atoms with van der Waals surface area (Å²) in [4.78, 5) is 14.3. The fourth-order valence-electron chi connectivity index (χ4n) is 2.87. The standard InChI is InChI=1S/C14H14ClNO7.Na.H/c15-5-1-2-8-6(3-5)7(4-16-8)14(22)10(18)9(17)13(21)23-11(14)12(19)20;;/h1-4,9-11,13,16-18,21-22H,(H,19,20);;/t9-,10-,11-,13-,14+;;/m1../s1. The van der Waals surface area contributed by atoms with Gasteiger partial charge in [0.25, 0.3) is 0 Å². The molecule has 0 aliphatic carbocycles. The van der Waals surface area contributed by atoms with Gasteiger partial charge in [0, 0.05) is 27.7 Å². The van der Waals surface area contributed by atoms with E-state index in [1.165, 1.54) is 12.3 Å². The summed E-state index contributed by atoms with van der Waals surface area (Å²) in [5.41, 5.74) is -1.97. The van der Waals surface area contributed by atoms with Crippen molar-refractivity contribution in [3.8, 4) is 0 Å². The zero-order chi connectivity index (χ0) is 16.9. The van der Waals surface area contributed by atoms with Gasteiger partial charge in [0.05, 0.1) is 0 Å². The molecular weight excluding hydrogens is 353 g/mol. The van der Waals surface area contributed by atoms with Gasteiger partial charge in [-0.1, -0.05) is 11.6 Å². The molecule has 0 radical (unpaired) electrons. The molecule has 1 saturated heterocycles. The third kappa shape index (κ3) is 2.88. The number of hydrogen-bond donors (Lipinski definition) is 6. The van der Waals surface area contributed by atoms with Crippen LogP contribution in [0, 0.1) is 0 Å². The predicted octanol–water partition coefficient (Wildman–Crippen LogP) is -1.12. The summed E-state index contributed by atoms with van der Waals surface area (Å²) in [6.45, 7) is 0. The van der Waals surface area contributed by atoms with Gasteiger partial charge >= 0.3 is 35.5 Å². The Labute approximate surface area is 162 Å². The quantitative estimate of drug-likeness (QED) is 0.369. The molecule has 1 aromatic heterocycles. The molecule has 3 rings (SSSR count). The van der Waals surface area contributed by atoms with Crippen molar-refractivity contribution in [2.45, 2.75) is 30.2 Å². The fraction of sp³-hybridized carbons (Fsp3) is 0.357. The Balaban J connectivity index is 0.00000208. The Morgan fingerprint density at radius 2 is 1.96 bits per heavy atom. The molecule has 0 saturated carbocycles. The van der Waals surface area contributed by atoms with Crippen LogP contribution < -0.4 is 0 Å². The number of aliphatic hydroxyl groups excluding tert-OH is 3. The molecule has 10 heteroatoms. The number of carboxylic acids is 1. The van der Waals surface area contributed by atoms with E-state index in [0.717, 1.165) is 0 Å². The van der Waals surface area contributed by atoms with Crippen LogP contribution in [0.5, 0.6) is 0 Å². The number of H-pyrrole nitrogens is 1. The van der Waals surface area contributed by atoms with Crippen LogP contribution in [0.3, 0.4) is 0 Å². The first-order valence-electron chi connectivity index (χ1n) is 6.68. The monoisotopic (exact) mass is 367 g/mol. The number of ether oxygens (including phenoxy) is 1. The van der Waals surface area contributed by atoms with Crippen LogP contribution in [0.2, 0.25) is 5.02 Å². The topological polar surface area (TPSA) is 143 Å². The van der Waals surface area contributed by atoms with Crippen LogP contribution in [0.4, 0.5) is 0 Å². The summed E-state index contributed by atoms with van der Waals surface area (Å²) in [6, 6.07) is 4.68. The molecule has 0 spiro atoms. The van der Waals surface area contributed by atoms with Crippen molar-refractivity contribution in [2.75, 3.05) is 0 Å². The number of hydrogen-bond acceptors (Lipinski definition) is 6. The van der Waals surface area contributed by atoms with Gasteiger partial charge in [0.1, 0.15) is 12.2 Å². The Hall–Kier alpha value is -0.680. The van der Waals surface area contributed by atoms with E-state index in [1.54, 1.807) is 12.1 Å². The second kappa shape index (κ2) is 6.91. The van der Waals surface area contributed by atoms with Crippen LogP contribution in [-0.4, -0.2) is 90.6 Å². The third-order valence-corrected chi connectivity index (χ3v) is 4.28. The van der Waals surface area contributed by atoms with Gasteiger partial charge in [0.15, 0.2) is 18.0 Å². The van der Waals surface area contributed by atoms with Crippen molar-refractivity contribution in [1.82, 2.24) is 4.98 Å². The first kappa shape index (κ1) is 19.6. The van der Waals surface area contributed by atoms with Crippen molar-refractivity contribution in [3.63, 3.8) is 0 Å². The van der Waals surface area contributed by atoms with E-state index in [0.29, 0.717) is 15.9 Å². The number of rotatable bonds is 2. The number of carbonyl (C=O) groups is 1. The number of aromatic amines is 1. The number of aliphatic hydroxyl groups is 4. The van der Waals surface area contributed by atoms with Crippen LogP contribution >= 0.6 is 11.6 Å². The van der Waals surface area contributed by atoms with Crippen molar-refractivity contribution >= 4 is 58.0 Å². The summed E-state index contributed by atoms with van der Waals surface area (Å²) in [5.74, 6) is -1.60. The van der Waals surface area contributed by atoms with Crippen LogP contribution in [-0.2, 0) is 15.1 Å². The van der Waals surface area contributed by atoms with Gasteiger partial charge < -0.3 is 35.3 Å². The number of fused-ring (bicyclic) bond motifs is 1. The number of nitrogens with one attached hydrogen (secondary N) is 1.